The maximum absolute atomic E-state index is 12.4. The average Bonchev–Trinajstić information content (AvgIpc) is 2.45. The largest absolute Gasteiger partial charge is 0.331 e. The molecule has 0 bridgehead atoms. The molecule has 5 nitrogen and oxygen atoms in total. The van der Waals surface area contributed by atoms with Gasteiger partial charge in [-0.15, -0.1) is 0 Å². The van der Waals surface area contributed by atoms with Crippen molar-refractivity contribution >= 4 is 40.8 Å². The zero-order valence-corrected chi connectivity index (χ0v) is 14.1. The fourth-order valence-electron chi connectivity index (χ4n) is 2.52. The Bertz CT molecular complexity index is 558. The van der Waals surface area contributed by atoms with Crippen molar-refractivity contribution in [1.82, 2.24) is 9.80 Å². The lowest BCUT2D eigenvalue weighted by Gasteiger charge is -2.33. The molecule has 3 amide bonds. The molecule has 7 heteroatoms. The number of hydrogen-bond donors (Lipinski definition) is 1. The van der Waals surface area contributed by atoms with Gasteiger partial charge >= 0.3 is 6.03 Å². The van der Waals surface area contributed by atoms with Gasteiger partial charge in [0.25, 0.3) is 0 Å². The zero-order chi connectivity index (χ0) is 16.3. The van der Waals surface area contributed by atoms with Gasteiger partial charge < -0.3 is 15.1 Å². The molecule has 1 aliphatic rings. The van der Waals surface area contributed by atoms with Crippen LogP contribution in [0.2, 0.25) is 10.0 Å². The van der Waals surface area contributed by atoms with E-state index < -0.39 is 0 Å². The summed E-state index contributed by atoms with van der Waals surface area (Å²) < 4.78 is 0. The SMILES string of the molecule is CN(C)C(=O)N1CCC[C@@H](C(=O)Nc2cc(Cl)cc(Cl)c2)C1. The van der Waals surface area contributed by atoms with E-state index in [4.69, 9.17) is 23.2 Å². The second-order valence-corrected chi connectivity index (χ2v) is 6.48. The van der Waals surface area contributed by atoms with Crippen molar-refractivity contribution in [2.45, 2.75) is 12.8 Å². The lowest BCUT2D eigenvalue weighted by atomic mass is 9.97. The first-order chi connectivity index (χ1) is 10.4. The predicted molar refractivity (Wildman–Crippen MR) is 88.5 cm³/mol. The van der Waals surface area contributed by atoms with Crippen LogP contribution >= 0.6 is 23.2 Å². The van der Waals surface area contributed by atoms with E-state index in [0.717, 1.165) is 12.8 Å². The Morgan fingerprint density at radius 1 is 1.23 bits per heavy atom. The number of rotatable bonds is 2. The van der Waals surface area contributed by atoms with Crippen LogP contribution in [0.1, 0.15) is 12.8 Å². The molecule has 1 atom stereocenters. The van der Waals surface area contributed by atoms with Crippen LogP contribution in [-0.2, 0) is 4.79 Å². The molecular weight excluding hydrogens is 325 g/mol. The zero-order valence-electron chi connectivity index (χ0n) is 12.6. The second-order valence-electron chi connectivity index (χ2n) is 5.61. The third-order valence-electron chi connectivity index (χ3n) is 3.58. The second kappa shape index (κ2) is 7.20. The van der Waals surface area contributed by atoms with Crippen molar-refractivity contribution < 1.29 is 9.59 Å². The lowest BCUT2D eigenvalue weighted by molar-refractivity contribution is -0.121. The third kappa shape index (κ3) is 4.27. The molecule has 0 aliphatic carbocycles. The lowest BCUT2D eigenvalue weighted by Crippen LogP contribution is -2.47. The summed E-state index contributed by atoms with van der Waals surface area (Å²) in [7, 11) is 3.42. The van der Waals surface area contributed by atoms with Gasteiger partial charge in [-0.25, -0.2) is 4.79 Å². The van der Waals surface area contributed by atoms with Gasteiger partial charge in [-0.05, 0) is 31.0 Å². The molecule has 2 rings (SSSR count). The molecule has 1 aromatic rings. The molecule has 0 saturated carbocycles. The quantitative estimate of drug-likeness (QED) is 0.895. The van der Waals surface area contributed by atoms with E-state index >= 15 is 0 Å². The molecule has 1 fully saturated rings. The summed E-state index contributed by atoms with van der Waals surface area (Å²) in [6.45, 7) is 1.11. The topological polar surface area (TPSA) is 52.7 Å². The number of hydrogen-bond acceptors (Lipinski definition) is 2. The Kier molecular flexibility index (Phi) is 5.53. The van der Waals surface area contributed by atoms with Crippen molar-refractivity contribution in [3.05, 3.63) is 28.2 Å². The van der Waals surface area contributed by atoms with Gasteiger partial charge in [-0.1, -0.05) is 23.2 Å². The Balaban J connectivity index is 2.01. The number of nitrogens with zero attached hydrogens (tertiary/aromatic N) is 2. The minimum Gasteiger partial charge on any atom is -0.331 e. The predicted octanol–water partition coefficient (Wildman–Crippen LogP) is 3.33. The first-order valence-electron chi connectivity index (χ1n) is 7.10. The molecule has 1 aliphatic heterocycles. The Labute approximate surface area is 140 Å². The minimum absolute atomic E-state index is 0.0664. The van der Waals surface area contributed by atoms with Crippen LogP contribution < -0.4 is 5.32 Å². The number of benzene rings is 1. The van der Waals surface area contributed by atoms with Gasteiger partial charge in [0.2, 0.25) is 5.91 Å². The summed E-state index contributed by atoms with van der Waals surface area (Å²) in [5.41, 5.74) is 0.568. The van der Waals surface area contributed by atoms with Crippen LogP contribution in [0.25, 0.3) is 0 Å². The molecule has 0 unspecified atom stereocenters. The fourth-order valence-corrected chi connectivity index (χ4v) is 3.04. The number of anilines is 1. The van der Waals surface area contributed by atoms with Crippen molar-refractivity contribution in [3.8, 4) is 0 Å². The summed E-state index contributed by atoms with van der Waals surface area (Å²) in [4.78, 5) is 27.6. The number of carbonyl (C=O) groups excluding carboxylic acids is 2. The van der Waals surface area contributed by atoms with Crippen molar-refractivity contribution in [2.75, 3.05) is 32.5 Å². The van der Waals surface area contributed by atoms with Gasteiger partial charge in [-0.3, -0.25) is 4.79 Å². The Morgan fingerprint density at radius 3 is 2.45 bits per heavy atom. The van der Waals surface area contributed by atoms with Crippen LogP contribution in [0.4, 0.5) is 10.5 Å². The van der Waals surface area contributed by atoms with E-state index in [1.165, 1.54) is 4.90 Å². The maximum Gasteiger partial charge on any atom is 0.319 e. The molecule has 0 radical (unpaired) electrons. The van der Waals surface area contributed by atoms with Gasteiger partial charge in [0.05, 0.1) is 5.92 Å². The van der Waals surface area contributed by atoms with Crippen LogP contribution in [-0.4, -0.2) is 48.9 Å². The van der Waals surface area contributed by atoms with Crippen LogP contribution in [0, 0.1) is 5.92 Å². The molecule has 0 spiro atoms. The van der Waals surface area contributed by atoms with Crippen molar-refractivity contribution in [1.29, 1.82) is 0 Å². The summed E-state index contributed by atoms with van der Waals surface area (Å²) in [6.07, 6.45) is 1.57. The van der Waals surface area contributed by atoms with E-state index in [-0.39, 0.29) is 17.9 Å². The molecule has 1 saturated heterocycles. The molecule has 1 aromatic carbocycles. The van der Waals surface area contributed by atoms with Crippen LogP contribution in [0.5, 0.6) is 0 Å². The first kappa shape index (κ1) is 16.9. The highest BCUT2D eigenvalue weighted by atomic mass is 35.5. The normalized spacial score (nSPS) is 18.0. The Hall–Kier alpha value is -1.46. The number of amides is 3. The number of carbonyl (C=O) groups is 2. The number of piperidine rings is 1. The fraction of sp³-hybridized carbons (Fsp3) is 0.467. The van der Waals surface area contributed by atoms with Crippen molar-refractivity contribution in [2.24, 2.45) is 5.92 Å². The number of halogens is 2. The minimum atomic E-state index is -0.226. The number of nitrogens with one attached hydrogen (secondary N) is 1. The summed E-state index contributed by atoms with van der Waals surface area (Å²) in [5, 5.41) is 3.76. The van der Waals surface area contributed by atoms with Gasteiger partial charge in [-0.2, -0.15) is 0 Å². The summed E-state index contributed by atoms with van der Waals surface area (Å²) >= 11 is 11.8. The van der Waals surface area contributed by atoms with E-state index in [2.05, 4.69) is 5.32 Å². The van der Waals surface area contributed by atoms with E-state index in [1.807, 2.05) is 0 Å². The maximum atomic E-state index is 12.4. The highest BCUT2D eigenvalue weighted by Gasteiger charge is 2.29. The van der Waals surface area contributed by atoms with E-state index in [0.29, 0.717) is 28.8 Å². The average molecular weight is 344 g/mol. The highest BCUT2D eigenvalue weighted by molar-refractivity contribution is 6.35. The number of likely N-dealkylation sites (tertiary alicyclic amines) is 1. The highest BCUT2D eigenvalue weighted by Crippen LogP contribution is 2.24. The van der Waals surface area contributed by atoms with Gasteiger partial charge in [0, 0.05) is 42.9 Å². The standard InChI is InChI=1S/C15H19Cl2N3O2/c1-19(2)15(22)20-5-3-4-10(9-20)14(21)18-13-7-11(16)6-12(17)8-13/h6-8,10H,3-5,9H2,1-2H3,(H,18,21)/t10-/m1/s1. The first-order valence-corrected chi connectivity index (χ1v) is 7.85. The molecule has 1 heterocycles. The van der Waals surface area contributed by atoms with E-state index in [1.54, 1.807) is 37.2 Å². The Morgan fingerprint density at radius 2 is 1.86 bits per heavy atom. The van der Waals surface area contributed by atoms with E-state index in [9.17, 15) is 9.59 Å². The summed E-state index contributed by atoms with van der Waals surface area (Å²) in [5.74, 6) is -0.343. The van der Waals surface area contributed by atoms with Crippen LogP contribution in [0.15, 0.2) is 18.2 Å². The molecule has 22 heavy (non-hydrogen) atoms. The smallest absolute Gasteiger partial charge is 0.319 e. The molecule has 0 aromatic heterocycles. The third-order valence-corrected chi connectivity index (χ3v) is 4.01. The molecule has 1 N–H and O–H groups in total. The van der Waals surface area contributed by atoms with Gasteiger partial charge in [0.1, 0.15) is 0 Å². The summed E-state index contributed by atoms with van der Waals surface area (Å²) in [6, 6.07) is 4.84. The number of urea groups is 1. The van der Waals surface area contributed by atoms with Crippen LogP contribution in [0.3, 0.4) is 0 Å². The van der Waals surface area contributed by atoms with Gasteiger partial charge in [0.15, 0.2) is 0 Å². The molecule has 120 valence electrons. The van der Waals surface area contributed by atoms with Crippen molar-refractivity contribution in [3.63, 3.8) is 0 Å². The monoisotopic (exact) mass is 343 g/mol. The molecular formula is C15H19Cl2N3O2.